The molecule has 0 aliphatic carbocycles. The zero-order valence-electron chi connectivity index (χ0n) is 15.3. The van der Waals surface area contributed by atoms with Gasteiger partial charge in [-0.15, -0.1) is 0 Å². The number of amides is 1. The minimum atomic E-state index is -3.09. The zero-order valence-corrected chi connectivity index (χ0v) is 15.3. The van der Waals surface area contributed by atoms with Crippen molar-refractivity contribution in [1.82, 2.24) is 4.90 Å². The molecule has 1 aromatic carbocycles. The molecule has 2 heterocycles. The second kappa shape index (κ2) is 6.70. The highest BCUT2D eigenvalue weighted by molar-refractivity contribution is 6.59. The monoisotopic (exact) mass is 379 g/mol. The molecule has 0 unspecified atom stereocenters. The Morgan fingerprint density at radius 1 is 1.41 bits per heavy atom. The van der Waals surface area contributed by atoms with Crippen molar-refractivity contribution in [1.29, 1.82) is 0 Å². The summed E-state index contributed by atoms with van der Waals surface area (Å²) in [4.78, 5) is 25.6. The van der Waals surface area contributed by atoms with Crippen molar-refractivity contribution in [3.63, 3.8) is 0 Å². The Labute approximate surface area is 156 Å². The third kappa shape index (κ3) is 3.73. The van der Waals surface area contributed by atoms with E-state index >= 15 is 0 Å². The molecule has 5 N–H and O–H groups in total. The van der Waals surface area contributed by atoms with Crippen LogP contribution in [0.2, 0.25) is 6.32 Å². The van der Waals surface area contributed by atoms with Crippen molar-refractivity contribution in [2.75, 3.05) is 13.1 Å². The van der Waals surface area contributed by atoms with E-state index in [0.29, 0.717) is 31.5 Å². The molecule has 1 amide bonds. The van der Waals surface area contributed by atoms with Crippen molar-refractivity contribution in [2.24, 2.45) is 5.73 Å². The van der Waals surface area contributed by atoms with Crippen molar-refractivity contribution >= 4 is 18.6 Å². The summed E-state index contributed by atoms with van der Waals surface area (Å²) in [6.07, 6.45) is 0.423. The Hall–Kier alpha value is -2.30. The fraction of sp³-hybridized carbons (Fsp3) is 0.529. The molecular weight excluding hydrogens is 355 g/mol. The maximum Gasteiger partial charge on any atom is 0.430 e. The lowest BCUT2D eigenvalue weighted by molar-refractivity contribution is -0.145. The Morgan fingerprint density at radius 2 is 2.07 bits per heavy atom. The molecule has 2 aliphatic heterocycles. The van der Waals surface area contributed by atoms with Gasteiger partial charge in [0.25, 0.3) is 0 Å². The van der Waals surface area contributed by atoms with Crippen LogP contribution in [0.5, 0.6) is 11.5 Å². The van der Waals surface area contributed by atoms with Gasteiger partial charge in [0.2, 0.25) is 5.91 Å². The van der Waals surface area contributed by atoms with Crippen molar-refractivity contribution in [3.8, 4) is 11.5 Å². The lowest BCUT2D eigenvalue weighted by atomic mass is 9.70. The van der Waals surface area contributed by atoms with E-state index < -0.39 is 18.3 Å². The largest absolute Gasteiger partial charge is 0.669 e. The van der Waals surface area contributed by atoms with E-state index in [-0.39, 0.29) is 35.4 Å². The normalized spacial score (nSPS) is 20.7. The maximum absolute atomic E-state index is 12.3. The number of aryl methyl sites for hydroxylation is 1. The minimum Gasteiger partial charge on any atom is -0.669 e. The average Bonchev–Trinajstić information content (AvgIpc) is 2.55. The van der Waals surface area contributed by atoms with E-state index in [0.717, 1.165) is 0 Å². The smallest absolute Gasteiger partial charge is 0.430 e. The molecule has 148 valence electrons. The highest BCUT2D eigenvalue weighted by Gasteiger charge is 2.40. The molecule has 3 rings (SSSR count). The molecule has 0 bridgehead atoms. The summed E-state index contributed by atoms with van der Waals surface area (Å²) < 4.78 is 10.9. The molecule has 0 spiro atoms. The number of benzene rings is 1. The number of nitrogens with zero attached hydrogens (tertiary/aromatic N) is 1. The van der Waals surface area contributed by atoms with Gasteiger partial charge in [-0.1, -0.05) is 19.3 Å². The van der Waals surface area contributed by atoms with Crippen LogP contribution in [-0.2, 0) is 11.2 Å². The molecule has 0 saturated carbocycles. The summed E-state index contributed by atoms with van der Waals surface area (Å²) in [5.41, 5.74) is 5.35. The van der Waals surface area contributed by atoms with Crippen LogP contribution < -0.4 is 15.1 Å². The average molecular weight is 379 g/mol. The number of hydrogen-bond donors (Lipinski definition) is 4. The Kier molecular flexibility index (Phi) is 4.83. The minimum absolute atomic E-state index is 0.00123. The predicted octanol–water partition coefficient (Wildman–Crippen LogP) is -0.0398. The van der Waals surface area contributed by atoms with Crippen LogP contribution in [0, 0.1) is 0 Å². The van der Waals surface area contributed by atoms with Crippen molar-refractivity contribution < 1.29 is 34.1 Å². The van der Waals surface area contributed by atoms with Gasteiger partial charge >= 0.3 is 12.7 Å². The Balaban J connectivity index is 1.76. The molecule has 0 radical (unpaired) electrons. The second-order valence-electron chi connectivity index (χ2n) is 7.47. The van der Waals surface area contributed by atoms with E-state index in [1.807, 2.05) is 6.92 Å². The van der Waals surface area contributed by atoms with E-state index in [2.05, 4.69) is 0 Å². The van der Waals surface area contributed by atoms with Gasteiger partial charge in [0, 0.05) is 0 Å². The number of fused-ring (bicyclic) bond motifs is 1. The van der Waals surface area contributed by atoms with E-state index in [1.165, 1.54) is 6.07 Å². The van der Waals surface area contributed by atoms with Crippen LogP contribution in [0.1, 0.15) is 36.2 Å². The number of likely N-dealkylation sites (tertiary alicyclic amines) is 1. The first-order valence-electron chi connectivity index (χ1n) is 8.97. The second-order valence-corrected chi connectivity index (χ2v) is 7.47. The predicted molar refractivity (Wildman–Crippen MR) is 96.6 cm³/mol. The fourth-order valence-electron chi connectivity index (χ4n) is 3.20. The van der Waals surface area contributed by atoms with Gasteiger partial charge in [0.05, 0.1) is 24.4 Å². The maximum atomic E-state index is 12.3. The topological polar surface area (TPSA) is 143 Å². The molecule has 27 heavy (non-hydrogen) atoms. The van der Waals surface area contributed by atoms with Crippen LogP contribution in [0.15, 0.2) is 12.1 Å². The van der Waals surface area contributed by atoms with Gasteiger partial charge in [-0.25, -0.2) is 4.79 Å². The molecule has 0 aromatic heterocycles. The van der Waals surface area contributed by atoms with Gasteiger partial charge in [-0.3, -0.25) is 4.79 Å². The van der Waals surface area contributed by atoms with Crippen molar-refractivity contribution in [3.05, 3.63) is 23.3 Å². The van der Waals surface area contributed by atoms with Crippen LogP contribution in [0.25, 0.3) is 0 Å². The Bertz CT molecular complexity index is 775. The van der Waals surface area contributed by atoms with Crippen LogP contribution >= 0.6 is 0 Å². The lowest BCUT2D eigenvalue weighted by Gasteiger charge is -2.43. The SMILES string of the molecule is CC[C@](C)(N)C(=O)N1CC(Oc2ccc3c(c2C(=O)O)O[B-](O)(O)CC3)C1. The fourth-order valence-corrected chi connectivity index (χ4v) is 3.20. The summed E-state index contributed by atoms with van der Waals surface area (Å²) in [7, 11) is 0. The van der Waals surface area contributed by atoms with Crippen LogP contribution in [-0.4, -0.2) is 63.4 Å². The summed E-state index contributed by atoms with van der Waals surface area (Å²) in [5.74, 6) is -1.48. The summed E-state index contributed by atoms with van der Waals surface area (Å²) in [5, 5.41) is 29.1. The number of rotatable bonds is 5. The van der Waals surface area contributed by atoms with Crippen LogP contribution in [0.3, 0.4) is 0 Å². The summed E-state index contributed by atoms with van der Waals surface area (Å²) in [6.45, 7) is 1.02. The van der Waals surface area contributed by atoms with Crippen molar-refractivity contribution in [2.45, 2.75) is 44.7 Å². The first-order valence-corrected chi connectivity index (χ1v) is 8.97. The Morgan fingerprint density at radius 3 is 2.67 bits per heavy atom. The molecule has 1 saturated heterocycles. The first-order chi connectivity index (χ1) is 12.5. The highest BCUT2D eigenvalue weighted by Crippen LogP contribution is 2.39. The number of carboxylic acid groups (broad SMARTS) is 1. The quantitative estimate of drug-likeness (QED) is 0.522. The van der Waals surface area contributed by atoms with Gasteiger partial charge in [0.15, 0.2) is 0 Å². The molecule has 1 aromatic rings. The van der Waals surface area contributed by atoms with E-state index in [1.54, 1.807) is 17.9 Å². The number of hydrogen-bond acceptors (Lipinski definition) is 7. The molecule has 2 aliphatic rings. The standard InChI is InChI=1S/C17H24BN2O7/c1-3-17(2,19)16(23)20-8-11(9-20)26-12-5-4-10-6-7-18(24,25)27-14(10)13(12)15(21)22/h4-5,11,24-25H,3,6-9,19H2,1-2H3,(H,21,22)/q-1/t17-/m0/s1. The third-order valence-electron chi connectivity index (χ3n) is 5.16. The lowest BCUT2D eigenvalue weighted by Crippen LogP contribution is -2.63. The number of carbonyl (C=O) groups is 2. The first kappa shape index (κ1) is 19.5. The zero-order chi connectivity index (χ0) is 20.0. The summed E-state index contributed by atoms with van der Waals surface area (Å²) in [6, 6.07) is 3.18. The molecule has 1 atom stereocenters. The molecule has 1 fully saturated rings. The van der Waals surface area contributed by atoms with Gasteiger partial charge in [-0.05, 0) is 31.4 Å². The number of nitrogens with two attached hydrogens (primary N) is 1. The number of carbonyl (C=O) groups excluding carboxylic acids is 1. The van der Waals surface area contributed by atoms with Gasteiger partial charge in [0.1, 0.15) is 17.4 Å². The third-order valence-corrected chi connectivity index (χ3v) is 5.16. The van der Waals surface area contributed by atoms with Crippen LogP contribution in [0.4, 0.5) is 0 Å². The molecular formula is C17H24BN2O7-. The van der Waals surface area contributed by atoms with E-state index in [9.17, 15) is 24.7 Å². The molecule has 9 nitrogen and oxygen atoms in total. The number of ether oxygens (including phenoxy) is 1. The summed E-state index contributed by atoms with van der Waals surface area (Å²) >= 11 is 0. The van der Waals surface area contributed by atoms with Gasteiger partial charge < -0.3 is 35.2 Å². The van der Waals surface area contributed by atoms with Gasteiger partial charge in [-0.2, -0.15) is 0 Å². The number of carboxylic acids is 1. The number of aromatic carboxylic acids is 1. The molecule has 10 heteroatoms. The van der Waals surface area contributed by atoms with E-state index in [4.69, 9.17) is 15.1 Å². The highest BCUT2D eigenvalue weighted by atomic mass is 16.6.